The van der Waals surface area contributed by atoms with Crippen LogP contribution in [0.25, 0.3) is 0 Å². The van der Waals surface area contributed by atoms with E-state index in [1.165, 1.54) is 0 Å². The van der Waals surface area contributed by atoms with Gasteiger partial charge in [-0.15, -0.1) is 0 Å². The fourth-order valence-electron chi connectivity index (χ4n) is 1.87. The molecule has 0 aliphatic rings. The zero-order valence-corrected chi connectivity index (χ0v) is 12.6. The van der Waals surface area contributed by atoms with Gasteiger partial charge in [0.2, 0.25) is 0 Å². The van der Waals surface area contributed by atoms with Gasteiger partial charge in [0.1, 0.15) is 5.75 Å². The first kappa shape index (κ1) is 15.3. The van der Waals surface area contributed by atoms with Gasteiger partial charge in [-0.25, -0.2) is 9.37 Å². The highest BCUT2D eigenvalue weighted by Gasteiger charge is 2.11. The maximum absolute atomic E-state index is 14.3. The maximum atomic E-state index is 14.3. The van der Waals surface area contributed by atoms with Crippen LogP contribution in [0, 0.1) is 5.82 Å². The van der Waals surface area contributed by atoms with Crippen LogP contribution in [0.15, 0.2) is 36.5 Å². The molecule has 0 saturated heterocycles. The van der Waals surface area contributed by atoms with Crippen LogP contribution in [0.2, 0.25) is 0 Å². The van der Waals surface area contributed by atoms with Crippen LogP contribution in [0.5, 0.6) is 11.6 Å². The van der Waals surface area contributed by atoms with Gasteiger partial charge in [-0.2, -0.15) is 0 Å². The molecule has 112 valence electrons. The van der Waals surface area contributed by atoms with Crippen molar-refractivity contribution < 1.29 is 9.13 Å². The highest BCUT2D eigenvalue weighted by atomic mass is 19.1. The number of hydrogen-bond acceptors (Lipinski definition) is 4. The molecule has 0 unspecified atom stereocenters. The van der Waals surface area contributed by atoms with E-state index in [9.17, 15) is 4.39 Å². The molecule has 0 fully saturated rings. The van der Waals surface area contributed by atoms with E-state index in [0.717, 1.165) is 12.2 Å². The first-order valence-corrected chi connectivity index (χ1v) is 6.91. The van der Waals surface area contributed by atoms with E-state index in [4.69, 9.17) is 4.74 Å². The van der Waals surface area contributed by atoms with E-state index in [2.05, 4.69) is 10.3 Å². The highest BCUT2D eigenvalue weighted by Crippen LogP contribution is 2.26. The zero-order chi connectivity index (χ0) is 15.2. The molecule has 0 aliphatic heterocycles. The van der Waals surface area contributed by atoms with Crippen LogP contribution in [0.3, 0.4) is 0 Å². The lowest BCUT2D eigenvalue weighted by Crippen LogP contribution is -2.13. The molecule has 1 N–H and O–H groups in total. The molecular formula is C16H20FN3O. The van der Waals surface area contributed by atoms with Gasteiger partial charge in [0, 0.05) is 44.2 Å². The second-order valence-corrected chi connectivity index (χ2v) is 4.86. The van der Waals surface area contributed by atoms with Crippen molar-refractivity contribution in [2.45, 2.75) is 13.5 Å². The molecule has 0 aliphatic carbocycles. The van der Waals surface area contributed by atoms with Gasteiger partial charge in [-0.1, -0.05) is 13.0 Å². The van der Waals surface area contributed by atoms with Gasteiger partial charge in [0.15, 0.2) is 5.82 Å². The van der Waals surface area contributed by atoms with Crippen LogP contribution in [0.1, 0.15) is 12.5 Å². The van der Waals surface area contributed by atoms with Crippen molar-refractivity contribution >= 4 is 5.69 Å². The van der Waals surface area contributed by atoms with E-state index in [-0.39, 0.29) is 5.88 Å². The summed E-state index contributed by atoms with van der Waals surface area (Å²) < 4.78 is 19.9. The molecule has 0 saturated carbocycles. The van der Waals surface area contributed by atoms with Gasteiger partial charge in [0.25, 0.3) is 5.88 Å². The summed E-state index contributed by atoms with van der Waals surface area (Å²) in [6.07, 6.45) is 1.56. The Morgan fingerprint density at radius 1 is 1.29 bits per heavy atom. The van der Waals surface area contributed by atoms with E-state index in [1.807, 2.05) is 44.1 Å². The second kappa shape index (κ2) is 7.04. The lowest BCUT2D eigenvalue weighted by Gasteiger charge is -2.14. The summed E-state index contributed by atoms with van der Waals surface area (Å²) in [5, 5.41) is 3.09. The van der Waals surface area contributed by atoms with Crippen LogP contribution in [0.4, 0.5) is 10.1 Å². The molecule has 5 heteroatoms. The zero-order valence-electron chi connectivity index (χ0n) is 12.6. The first-order valence-electron chi connectivity index (χ1n) is 6.91. The fraction of sp³-hybridized carbons (Fsp3) is 0.312. The van der Waals surface area contributed by atoms with Gasteiger partial charge < -0.3 is 15.0 Å². The molecule has 0 radical (unpaired) electrons. The van der Waals surface area contributed by atoms with Gasteiger partial charge >= 0.3 is 0 Å². The number of ether oxygens (including phenoxy) is 1. The van der Waals surface area contributed by atoms with E-state index in [0.29, 0.717) is 17.9 Å². The Labute approximate surface area is 124 Å². The minimum atomic E-state index is -0.422. The number of halogens is 1. The molecule has 0 bridgehead atoms. The van der Waals surface area contributed by atoms with Gasteiger partial charge in [0.05, 0.1) is 0 Å². The molecule has 1 aromatic heterocycles. The van der Waals surface area contributed by atoms with Crippen molar-refractivity contribution in [1.29, 1.82) is 0 Å². The lowest BCUT2D eigenvalue weighted by atomic mass is 10.2. The van der Waals surface area contributed by atoms with E-state index >= 15 is 0 Å². The summed E-state index contributed by atoms with van der Waals surface area (Å²) in [6.45, 7) is 3.21. The summed E-state index contributed by atoms with van der Waals surface area (Å²) in [7, 11) is 3.88. The lowest BCUT2D eigenvalue weighted by molar-refractivity contribution is 0.417. The standard InChI is InChI=1S/C16H20FN3O/c1-4-18-11-12-8-9-19-16(15(12)17)21-14-7-5-6-13(10-14)20(2)3/h5-10,18H,4,11H2,1-3H3. The first-order chi connectivity index (χ1) is 10.1. The molecular weight excluding hydrogens is 269 g/mol. The van der Waals surface area contributed by atoms with Crippen LogP contribution >= 0.6 is 0 Å². The Morgan fingerprint density at radius 2 is 2.10 bits per heavy atom. The van der Waals surface area contributed by atoms with Crippen LogP contribution in [-0.2, 0) is 6.54 Å². The van der Waals surface area contributed by atoms with Crippen molar-refractivity contribution in [3.8, 4) is 11.6 Å². The maximum Gasteiger partial charge on any atom is 0.256 e. The molecule has 21 heavy (non-hydrogen) atoms. The number of aromatic nitrogens is 1. The van der Waals surface area contributed by atoms with Gasteiger partial charge in [-0.3, -0.25) is 0 Å². The Balaban J connectivity index is 2.21. The largest absolute Gasteiger partial charge is 0.436 e. The molecule has 1 aromatic carbocycles. The Morgan fingerprint density at radius 3 is 2.81 bits per heavy atom. The molecule has 4 nitrogen and oxygen atoms in total. The normalized spacial score (nSPS) is 10.5. The Kier molecular flexibility index (Phi) is 5.11. The monoisotopic (exact) mass is 289 g/mol. The topological polar surface area (TPSA) is 37.4 Å². The van der Waals surface area contributed by atoms with Crippen molar-refractivity contribution in [1.82, 2.24) is 10.3 Å². The summed E-state index contributed by atoms with van der Waals surface area (Å²) >= 11 is 0. The van der Waals surface area contributed by atoms with E-state index < -0.39 is 5.82 Å². The number of benzene rings is 1. The SMILES string of the molecule is CCNCc1ccnc(Oc2cccc(N(C)C)c2)c1F. The molecule has 2 rings (SSSR count). The summed E-state index contributed by atoms with van der Waals surface area (Å²) in [4.78, 5) is 5.93. The number of pyridine rings is 1. The minimum Gasteiger partial charge on any atom is -0.436 e. The van der Waals surface area contributed by atoms with Crippen LogP contribution in [-0.4, -0.2) is 25.6 Å². The highest BCUT2D eigenvalue weighted by molar-refractivity contribution is 5.50. The minimum absolute atomic E-state index is 0.00121. The third kappa shape index (κ3) is 3.92. The summed E-state index contributed by atoms with van der Waals surface area (Å²) in [5.74, 6) is 0.142. The smallest absolute Gasteiger partial charge is 0.256 e. The average Bonchev–Trinajstić information content (AvgIpc) is 2.48. The van der Waals surface area contributed by atoms with Crippen molar-refractivity contribution in [2.24, 2.45) is 0 Å². The molecule has 0 amide bonds. The molecule has 0 spiro atoms. The number of nitrogens with one attached hydrogen (secondary N) is 1. The Hall–Kier alpha value is -2.14. The average molecular weight is 289 g/mol. The molecule has 1 heterocycles. The number of anilines is 1. The second-order valence-electron chi connectivity index (χ2n) is 4.86. The third-order valence-corrected chi connectivity index (χ3v) is 3.05. The number of hydrogen-bond donors (Lipinski definition) is 1. The summed E-state index contributed by atoms with van der Waals surface area (Å²) in [6, 6.07) is 9.10. The molecule has 0 atom stereocenters. The van der Waals surface area contributed by atoms with Crippen molar-refractivity contribution in [3.63, 3.8) is 0 Å². The predicted molar refractivity (Wildman–Crippen MR) is 82.4 cm³/mol. The van der Waals surface area contributed by atoms with Crippen molar-refractivity contribution in [2.75, 3.05) is 25.5 Å². The van der Waals surface area contributed by atoms with E-state index in [1.54, 1.807) is 18.3 Å². The fourth-order valence-corrected chi connectivity index (χ4v) is 1.87. The van der Waals surface area contributed by atoms with Crippen LogP contribution < -0.4 is 15.0 Å². The summed E-state index contributed by atoms with van der Waals surface area (Å²) in [5.41, 5.74) is 1.53. The third-order valence-electron chi connectivity index (χ3n) is 3.05. The Bertz CT molecular complexity index is 602. The quantitative estimate of drug-likeness (QED) is 0.886. The number of rotatable bonds is 6. The predicted octanol–water partition coefficient (Wildman–Crippen LogP) is 3.19. The van der Waals surface area contributed by atoms with Gasteiger partial charge in [-0.05, 0) is 24.7 Å². The molecule has 2 aromatic rings. The van der Waals surface area contributed by atoms with Crippen molar-refractivity contribution in [3.05, 3.63) is 47.9 Å². The number of nitrogens with zero attached hydrogens (tertiary/aromatic N) is 2.